The molecule has 1 aromatic rings. The van der Waals surface area contributed by atoms with Gasteiger partial charge in [0, 0.05) is 11.1 Å². The normalized spacial score (nSPS) is 11.2. The summed E-state index contributed by atoms with van der Waals surface area (Å²) in [6.45, 7) is 5.79. The lowest BCUT2D eigenvalue weighted by Gasteiger charge is -2.05. The van der Waals surface area contributed by atoms with Gasteiger partial charge in [-0.25, -0.2) is 0 Å². The molecule has 0 bridgehead atoms. The zero-order valence-corrected chi connectivity index (χ0v) is 16.9. The molecule has 6 N–H and O–H groups in total. The Morgan fingerprint density at radius 3 is 2.20 bits per heavy atom. The van der Waals surface area contributed by atoms with Crippen molar-refractivity contribution < 1.29 is 19.8 Å². The molecule has 0 radical (unpaired) electrons. The van der Waals surface area contributed by atoms with Crippen molar-refractivity contribution in [1.82, 2.24) is 0 Å². The fourth-order valence-electron chi connectivity index (χ4n) is 1.31. The summed E-state index contributed by atoms with van der Waals surface area (Å²) < 4.78 is 0. The maximum atomic E-state index is 10.4. The molecule has 1 rings (SSSR count). The van der Waals surface area contributed by atoms with Crippen LogP contribution in [-0.4, -0.2) is 46.7 Å². The van der Waals surface area contributed by atoms with Crippen molar-refractivity contribution in [3.05, 3.63) is 34.9 Å². The standard InChI is InChI=1S/C9H10ClNO2.C5H13NS.C2H6.CH2O2/c10-7-3-1-2-6(4-7)5-8(11)9(12)13;1-5(6)3-4-7-2;1-2;2-1-3/h1-4,8H,5,11H2,(H,12,13);5H,3-4,6H2,1-2H3;1-2H3;1H,(H,2,3). The number of carbonyl (C=O) groups is 2. The first-order chi connectivity index (χ1) is 11.8. The minimum Gasteiger partial charge on any atom is -0.483 e. The van der Waals surface area contributed by atoms with E-state index in [0.717, 1.165) is 12.0 Å². The van der Waals surface area contributed by atoms with Gasteiger partial charge in [0.2, 0.25) is 0 Å². The Balaban J connectivity index is -0.000000341. The smallest absolute Gasteiger partial charge is 0.320 e. The lowest BCUT2D eigenvalue weighted by Crippen LogP contribution is -2.32. The number of hydrogen-bond donors (Lipinski definition) is 4. The van der Waals surface area contributed by atoms with Crippen LogP contribution in [-0.2, 0) is 16.0 Å². The number of aliphatic carboxylic acids is 1. The summed E-state index contributed by atoms with van der Waals surface area (Å²) in [5.41, 5.74) is 11.7. The lowest BCUT2D eigenvalue weighted by molar-refractivity contribution is -0.138. The van der Waals surface area contributed by atoms with Crippen LogP contribution < -0.4 is 11.5 Å². The van der Waals surface area contributed by atoms with Crippen molar-refractivity contribution in [2.45, 2.75) is 45.7 Å². The number of carboxylic acid groups (broad SMARTS) is 2. The third-order valence-corrected chi connectivity index (χ3v) is 3.32. The van der Waals surface area contributed by atoms with Crippen molar-refractivity contribution in [2.24, 2.45) is 11.5 Å². The second-order valence-corrected chi connectivity index (χ2v) is 6.06. The average molecular weight is 395 g/mol. The number of rotatable bonds is 6. The molecule has 25 heavy (non-hydrogen) atoms. The molecular weight excluding hydrogens is 364 g/mol. The molecule has 0 heterocycles. The molecule has 1 aromatic carbocycles. The molecule has 0 saturated heterocycles. The van der Waals surface area contributed by atoms with E-state index in [-0.39, 0.29) is 6.47 Å². The maximum Gasteiger partial charge on any atom is 0.320 e. The van der Waals surface area contributed by atoms with E-state index in [2.05, 4.69) is 6.26 Å². The zero-order valence-electron chi connectivity index (χ0n) is 15.3. The molecule has 8 heteroatoms. The van der Waals surface area contributed by atoms with Gasteiger partial charge in [-0.3, -0.25) is 9.59 Å². The Labute approximate surface area is 159 Å². The number of carboxylic acids is 1. The summed E-state index contributed by atoms with van der Waals surface area (Å²) in [7, 11) is 0. The summed E-state index contributed by atoms with van der Waals surface area (Å²) >= 11 is 7.57. The van der Waals surface area contributed by atoms with E-state index in [1.165, 1.54) is 5.75 Å². The van der Waals surface area contributed by atoms with E-state index in [1.54, 1.807) is 24.3 Å². The van der Waals surface area contributed by atoms with Crippen molar-refractivity contribution in [3.8, 4) is 0 Å². The van der Waals surface area contributed by atoms with E-state index in [9.17, 15) is 4.79 Å². The fourth-order valence-corrected chi connectivity index (χ4v) is 2.13. The molecule has 0 amide bonds. The largest absolute Gasteiger partial charge is 0.483 e. The van der Waals surface area contributed by atoms with E-state index in [1.807, 2.05) is 32.5 Å². The number of halogens is 1. The third-order valence-electron chi connectivity index (χ3n) is 2.44. The van der Waals surface area contributed by atoms with Gasteiger partial charge in [0.25, 0.3) is 6.47 Å². The van der Waals surface area contributed by atoms with Gasteiger partial charge < -0.3 is 21.7 Å². The van der Waals surface area contributed by atoms with E-state index in [0.29, 0.717) is 17.5 Å². The van der Waals surface area contributed by atoms with Gasteiger partial charge >= 0.3 is 5.97 Å². The van der Waals surface area contributed by atoms with Gasteiger partial charge in [-0.1, -0.05) is 37.6 Å². The average Bonchev–Trinajstić information content (AvgIpc) is 2.56. The van der Waals surface area contributed by atoms with Crippen molar-refractivity contribution in [1.29, 1.82) is 0 Å². The van der Waals surface area contributed by atoms with Crippen molar-refractivity contribution in [2.75, 3.05) is 12.0 Å². The predicted octanol–water partition coefficient (Wildman–Crippen LogP) is 3.11. The highest BCUT2D eigenvalue weighted by molar-refractivity contribution is 7.98. The van der Waals surface area contributed by atoms with Crippen LogP contribution in [0.5, 0.6) is 0 Å². The maximum absolute atomic E-state index is 10.4. The predicted molar refractivity (Wildman–Crippen MR) is 107 cm³/mol. The van der Waals surface area contributed by atoms with Crippen molar-refractivity contribution >= 4 is 35.8 Å². The number of thioether (sulfide) groups is 1. The molecule has 2 atom stereocenters. The Hall–Kier alpha value is -1.28. The first-order valence-corrected chi connectivity index (χ1v) is 9.60. The van der Waals surface area contributed by atoms with Crippen molar-refractivity contribution in [3.63, 3.8) is 0 Å². The highest BCUT2D eigenvalue weighted by atomic mass is 35.5. The number of benzene rings is 1. The molecular formula is C17H31ClN2O4S. The van der Waals surface area contributed by atoms with Crippen LogP contribution in [0.4, 0.5) is 0 Å². The molecule has 0 spiro atoms. The lowest BCUT2D eigenvalue weighted by atomic mass is 10.1. The summed E-state index contributed by atoms with van der Waals surface area (Å²) in [5.74, 6) is 0.192. The van der Waals surface area contributed by atoms with Gasteiger partial charge in [0.05, 0.1) is 0 Å². The topological polar surface area (TPSA) is 127 Å². The van der Waals surface area contributed by atoms with Crippen LogP contribution in [0.25, 0.3) is 0 Å². The molecule has 0 aliphatic heterocycles. The second kappa shape index (κ2) is 20.8. The molecule has 0 aliphatic rings. The summed E-state index contributed by atoms with van der Waals surface area (Å²) in [6.07, 6.45) is 3.54. The summed E-state index contributed by atoms with van der Waals surface area (Å²) in [4.78, 5) is 18.8. The van der Waals surface area contributed by atoms with Crippen LogP contribution in [0.3, 0.4) is 0 Å². The van der Waals surface area contributed by atoms with Crippen LogP contribution in [0, 0.1) is 0 Å². The minimum atomic E-state index is -1.00. The minimum absolute atomic E-state index is 0.250. The third kappa shape index (κ3) is 22.7. The van der Waals surface area contributed by atoms with Gasteiger partial charge in [-0.2, -0.15) is 11.8 Å². The Morgan fingerprint density at radius 2 is 1.88 bits per heavy atom. The summed E-state index contributed by atoms with van der Waals surface area (Å²) in [6, 6.07) is 6.54. The highest BCUT2D eigenvalue weighted by Gasteiger charge is 2.11. The first kappa shape index (κ1) is 28.5. The zero-order chi connectivity index (χ0) is 20.3. The highest BCUT2D eigenvalue weighted by Crippen LogP contribution is 2.11. The van der Waals surface area contributed by atoms with Gasteiger partial charge in [0.1, 0.15) is 6.04 Å². The molecule has 6 nitrogen and oxygen atoms in total. The Bertz CT molecular complexity index is 448. The molecule has 146 valence electrons. The van der Waals surface area contributed by atoms with Crippen LogP contribution in [0.15, 0.2) is 24.3 Å². The van der Waals surface area contributed by atoms with Crippen LogP contribution >= 0.6 is 23.4 Å². The SMILES string of the molecule is CC.CSCCC(C)N.NC(Cc1cccc(Cl)c1)C(=O)O.O=CO. The summed E-state index contributed by atoms with van der Waals surface area (Å²) in [5, 5.41) is 16.0. The molecule has 0 saturated carbocycles. The molecule has 2 unspecified atom stereocenters. The molecule has 0 aromatic heterocycles. The van der Waals surface area contributed by atoms with E-state index >= 15 is 0 Å². The van der Waals surface area contributed by atoms with Gasteiger partial charge in [0.15, 0.2) is 0 Å². The first-order valence-electron chi connectivity index (χ1n) is 7.83. The van der Waals surface area contributed by atoms with Gasteiger partial charge in [-0.05, 0) is 49.5 Å². The van der Waals surface area contributed by atoms with E-state index < -0.39 is 12.0 Å². The monoisotopic (exact) mass is 394 g/mol. The number of hydrogen-bond acceptors (Lipinski definition) is 5. The molecule has 0 aliphatic carbocycles. The Kier molecular flexibility index (Phi) is 23.7. The quantitative estimate of drug-likeness (QED) is 0.546. The molecule has 0 fully saturated rings. The van der Waals surface area contributed by atoms with Crippen LogP contribution in [0.1, 0.15) is 32.8 Å². The second-order valence-electron chi connectivity index (χ2n) is 4.64. The number of nitrogens with two attached hydrogens (primary N) is 2. The van der Waals surface area contributed by atoms with Gasteiger partial charge in [-0.15, -0.1) is 0 Å². The fraction of sp³-hybridized carbons (Fsp3) is 0.529. The van der Waals surface area contributed by atoms with E-state index in [4.69, 9.17) is 38.1 Å². The van der Waals surface area contributed by atoms with Crippen LogP contribution in [0.2, 0.25) is 5.02 Å². The Morgan fingerprint density at radius 1 is 1.36 bits per heavy atom.